The number of ether oxygens (including phenoxy) is 1. The van der Waals surface area contributed by atoms with Gasteiger partial charge >= 0.3 is 0 Å². The van der Waals surface area contributed by atoms with E-state index in [1.54, 1.807) is 5.51 Å². The number of hydrogen-bond acceptors (Lipinski definition) is 7. The SMILES string of the molecule is CCN(C)CCc1cc(C)c(Oc2nc(-c3cscn3)ns2)cc1C. The van der Waals surface area contributed by atoms with Crippen LogP contribution in [0.3, 0.4) is 0 Å². The Kier molecular flexibility index (Phi) is 5.78. The largest absolute Gasteiger partial charge is 0.430 e. The molecule has 3 rings (SSSR count). The van der Waals surface area contributed by atoms with Crippen molar-refractivity contribution in [1.82, 2.24) is 19.2 Å². The number of rotatable bonds is 7. The molecule has 3 aromatic rings. The van der Waals surface area contributed by atoms with Crippen LogP contribution in [0.1, 0.15) is 23.6 Å². The summed E-state index contributed by atoms with van der Waals surface area (Å²) in [5.41, 5.74) is 6.29. The summed E-state index contributed by atoms with van der Waals surface area (Å²) in [6.45, 7) is 8.51. The van der Waals surface area contributed by atoms with E-state index in [1.807, 2.05) is 5.38 Å². The fraction of sp³-hybridized carbons (Fsp3) is 0.389. The van der Waals surface area contributed by atoms with Gasteiger partial charge in [0, 0.05) is 23.5 Å². The van der Waals surface area contributed by atoms with Crippen molar-refractivity contribution < 1.29 is 4.74 Å². The Morgan fingerprint density at radius 1 is 1.20 bits per heavy atom. The predicted octanol–water partition coefficient (Wildman–Crippen LogP) is 4.56. The van der Waals surface area contributed by atoms with E-state index >= 15 is 0 Å². The van der Waals surface area contributed by atoms with E-state index in [0.29, 0.717) is 11.0 Å². The van der Waals surface area contributed by atoms with Gasteiger partial charge in [-0.15, -0.1) is 11.3 Å². The van der Waals surface area contributed by atoms with Crippen molar-refractivity contribution in [3.63, 3.8) is 0 Å². The van der Waals surface area contributed by atoms with E-state index in [9.17, 15) is 0 Å². The lowest BCUT2D eigenvalue weighted by Crippen LogP contribution is -2.20. The minimum absolute atomic E-state index is 0.545. The Morgan fingerprint density at radius 3 is 2.76 bits per heavy atom. The molecule has 1 aromatic carbocycles. The zero-order chi connectivity index (χ0) is 17.8. The van der Waals surface area contributed by atoms with Gasteiger partial charge in [-0.3, -0.25) is 0 Å². The summed E-state index contributed by atoms with van der Waals surface area (Å²) in [7, 11) is 2.15. The Balaban J connectivity index is 1.73. The highest BCUT2D eigenvalue weighted by atomic mass is 32.1. The topological polar surface area (TPSA) is 51.1 Å². The number of likely N-dealkylation sites (N-methyl/N-ethyl adjacent to an activating group) is 1. The molecule has 132 valence electrons. The molecule has 2 aromatic heterocycles. The summed E-state index contributed by atoms with van der Waals surface area (Å²) >= 11 is 2.78. The fourth-order valence-corrected chi connectivity index (χ4v) is 3.55. The molecule has 0 saturated carbocycles. The van der Waals surface area contributed by atoms with E-state index < -0.39 is 0 Å². The molecular formula is C18H22N4OS2. The van der Waals surface area contributed by atoms with Crippen molar-refractivity contribution in [3.05, 3.63) is 39.7 Å². The number of nitrogens with zero attached hydrogens (tertiary/aromatic N) is 4. The Bertz CT molecular complexity index is 830. The van der Waals surface area contributed by atoms with Crippen molar-refractivity contribution in [2.24, 2.45) is 0 Å². The van der Waals surface area contributed by atoms with Crippen LogP contribution in [0, 0.1) is 13.8 Å². The number of thiazole rings is 1. The van der Waals surface area contributed by atoms with Crippen molar-refractivity contribution >= 4 is 22.9 Å². The van der Waals surface area contributed by atoms with Crippen LogP contribution >= 0.6 is 22.9 Å². The molecule has 0 radical (unpaired) electrons. The molecule has 0 N–H and O–H groups in total. The first kappa shape index (κ1) is 18.0. The molecule has 2 heterocycles. The number of hydrogen-bond donors (Lipinski definition) is 0. The summed E-state index contributed by atoms with van der Waals surface area (Å²) in [4.78, 5) is 11.0. The minimum atomic E-state index is 0.545. The molecule has 0 amide bonds. The third kappa shape index (κ3) is 4.42. The molecule has 0 saturated heterocycles. The van der Waals surface area contributed by atoms with Gasteiger partial charge in [-0.2, -0.15) is 9.36 Å². The minimum Gasteiger partial charge on any atom is -0.430 e. The molecule has 0 aliphatic rings. The first-order chi connectivity index (χ1) is 12.1. The Hall–Kier alpha value is -1.83. The smallest absolute Gasteiger partial charge is 0.299 e. The van der Waals surface area contributed by atoms with Crippen molar-refractivity contribution in [1.29, 1.82) is 0 Å². The molecule has 5 nitrogen and oxygen atoms in total. The van der Waals surface area contributed by atoms with Crippen LogP contribution in [0.25, 0.3) is 11.5 Å². The average molecular weight is 375 g/mol. The monoisotopic (exact) mass is 374 g/mol. The van der Waals surface area contributed by atoms with Gasteiger partial charge in [0.2, 0.25) is 0 Å². The molecular weight excluding hydrogens is 352 g/mol. The molecule has 0 fully saturated rings. The van der Waals surface area contributed by atoms with Gasteiger partial charge in [-0.1, -0.05) is 13.0 Å². The summed E-state index contributed by atoms with van der Waals surface area (Å²) in [6, 6.07) is 4.32. The lowest BCUT2D eigenvalue weighted by molar-refractivity contribution is 0.357. The molecule has 25 heavy (non-hydrogen) atoms. The molecule has 0 aliphatic carbocycles. The summed E-state index contributed by atoms with van der Waals surface area (Å²) < 4.78 is 10.3. The first-order valence-corrected chi connectivity index (χ1v) is 9.97. The summed E-state index contributed by atoms with van der Waals surface area (Å²) in [5, 5.41) is 2.48. The fourth-order valence-electron chi connectivity index (χ4n) is 2.47. The highest BCUT2D eigenvalue weighted by Gasteiger charge is 2.12. The first-order valence-electron chi connectivity index (χ1n) is 8.25. The maximum Gasteiger partial charge on any atom is 0.299 e. The van der Waals surface area contributed by atoms with Crippen LogP contribution in [0.4, 0.5) is 0 Å². The van der Waals surface area contributed by atoms with Crippen LogP contribution in [0.2, 0.25) is 0 Å². The Labute approximate surface area is 156 Å². The van der Waals surface area contributed by atoms with Crippen molar-refractivity contribution in [3.8, 4) is 22.5 Å². The molecule has 0 bridgehead atoms. The van der Waals surface area contributed by atoms with Crippen LogP contribution in [-0.2, 0) is 6.42 Å². The summed E-state index contributed by atoms with van der Waals surface area (Å²) in [5.74, 6) is 1.46. The second kappa shape index (κ2) is 8.03. The van der Waals surface area contributed by atoms with E-state index in [0.717, 1.165) is 36.5 Å². The molecule has 0 atom stereocenters. The molecule has 0 aliphatic heterocycles. The third-order valence-corrected chi connectivity index (χ3v) is 5.38. The lowest BCUT2D eigenvalue weighted by atomic mass is 10.0. The number of aryl methyl sites for hydroxylation is 2. The zero-order valence-corrected chi connectivity index (χ0v) is 16.6. The van der Waals surface area contributed by atoms with E-state index in [4.69, 9.17) is 4.74 Å². The maximum atomic E-state index is 5.98. The van der Waals surface area contributed by atoms with Crippen LogP contribution in [0.5, 0.6) is 10.9 Å². The molecule has 0 spiro atoms. The Morgan fingerprint density at radius 2 is 2.04 bits per heavy atom. The van der Waals surface area contributed by atoms with Gasteiger partial charge in [0.15, 0.2) is 5.82 Å². The van der Waals surface area contributed by atoms with Gasteiger partial charge in [0.25, 0.3) is 5.19 Å². The van der Waals surface area contributed by atoms with Gasteiger partial charge in [0.05, 0.1) is 5.51 Å². The van der Waals surface area contributed by atoms with Crippen molar-refractivity contribution in [2.45, 2.75) is 27.2 Å². The normalized spacial score (nSPS) is 11.2. The molecule has 7 heteroatoms. The van der Waals surface area contributed by atoms with E-state index in [-0.39, 0.29) is 0 Å². The van der Waals surface area contributed by atoms with Gasteiger partial charge in [-0.05, 0) is 56.6 Å². The summed E-state index contributed by atoms with van der Waals surface area (Å²) in [6.07, 6.45) is 1.05. The average Bonchev–Trinajstić information content (AvgIpc) is 3.27. The van der Waals surface area contributed by atoms with Crippen LogP contribution < -0.4 is 4.74 Å². The number of benzene rings is 1. The number of aromatic nitrogens is 3. The van der Waals surface area contributed by atoms with Gasteiger partial charge < -0.3 is 9.64 Å². The second-order valence-corrected chi connectivity index (χ2v) is 7.48. The van der Waals surface area contributed by atoms with E-state index in [1.165, 1.54) is 34.0 Å². The van der Waals surface area contributed by atoms with Crippen LogP contribution in [0.15, 0.2) is 23.0 Å². The lowest BCUT2D eigenvalue weighted by Gasteiger charge is -2.16. The highest BCUT2D eigenvalue weighted by molar-refractivity contribution is 7.08. The van der Waals surface area contributed by atoms with E-state index in [2.05, 4.69) is 59.2 Å². The standard InChI is InChI=1S/C18H22N4OS2/c1-5-22(4)7-6-14-8-13(3)16(9-12(14)2)23-18-20-17(21-25-18)15-10-24-11-19-15/h8-11H,5-7H2,1-4H3. The zero-order valence-electron chi connectivity index (χ0n) is 14.9. The predicted molar refractivity (Wildman–Crippen MR) is 104 cm³/mol. The second-order valence-electron chi connectivity index (χ2n) is 6.05. The maximum absolute atomic E-state index is 5.98. The third-order valence-electron chi connectivity index (χ3n) is 4.20. The van der Waals surface area contributed by atoms with Gasteiger partial charge in [-0.25, -0.2) is 4.98 Å². The van der Waals surface area contributed by atoms with Gasteiger partial charge in [0.1, 0.15) is 11.4 Å². The van der Waals surface area contributed by atoms with Crippen LogP contribution in [-0.4, -0.2) is 39.4 Å². The molecule has 0 unspecified atom stereocenters. The quantitative estimate of drug-likeness (QED) is 0.606. The highest BCUT2D eigenvalue weighted by Crippen LogP contribution is 2.31. The van der Waals surface area contributed by atoms with Crippen molar-refractivity contribution in [2.75, 3.05) is 20.1 Å².